The Kier molecular flexibility index (Phi) is 21.3. The summed E-state index contributed by atoms with van der Waals surface area (Å²) in [6, 6.07) is 0. The second-order valence-electron chi connectivity index (χ2n) is 6.06. The fraction of sp³-hybridized carbons (Fsp3) is 0.895. The molecule has 178 valence electrons. The minimum Gasteiger partial charge on any atom is -0.377 e. The largest absolute Gasteiger partial charge is 0.377 e. The molecule has 0 aromatic carbocycles. The summed E-state index contributed by atoms with van der Waals surface area (Å²) in [5.41, 5.74) is 0. The van der Waals surface area contributed by atoms with Crippen LogP contribution in [0.2, 0.25) is 0 Å². The van der Waals surface area contributed by atoms with Crippen molar-refractivity contribution in [3.8, 4) is 0 Å². The van der Waals surface area contributed by atoms with Crippen LogP contribution in [0.5, 0.6) is 0 Å². The Balaban J connectivity index is 3.16. The molecule has 2 amide bonds. The molecule has 0 aliphatic heterocycles. The summed E-state index contributed by atoms with van der Waals surface area (Å²) in [5.74, 6) is -0.353. The Morgan fingerprint density at radius 2 is 1.27 bits per heavy atom. The van der Waals surface area contributed by atoms with Crippen LogP contribution in [0.1, 0.15) is 13.3 Å². The van der Waals surface area contributed by atoms with Crippen molar-refractivity contribution >= 4 is 11.8 Å². The van der Waals surface area contributed by atoms with E-state index in [4.69, 9.17) is 23.7 Å². The average molecular weight is 441 g/mol. The Labute approximate surface area is 178 Å². The number of nitrogens with one attached hydrogen (secondary N) is 2. The second-order valence-corrected chi connectivity index (χ2v) is 6.06. The van der Waals surface area contributed by atoms with Gasteiger partial charge in [-0.2, -0.15) is 0 Å². The molecular formula is C19H37FN2O8. The Bertz CT molecular complexity index is 418. The van der Waals surface area contributed by atoms with E-state index in [2.05, 4.69) is 15.4 Å². The van der Waals surface area contributed by atoms with E-state index in [0.717, 1.165) is 0 Å². The highest BCUT2D eigenvalue weighted by Crippen LogP contribution is 1.92. The van der Waals surface area contributed by atoms with E-state index in [1.165, 1.54) is 7.11 Å². The van der Waals surface area contributed by atoms with Gasteiger partial charge in [0.2, 0.25) is 11.8 Å². The van der Waals surface area contributed by atoms with Crippen LogP contribution in [0.25, 0.3) is 0 Å². The van der Waals surface area contributed by atoms with E-state index >= 15 is 0 Å². The van der Waals surface area contributed by atoms with Crippen molar-refractivity contribution in [2.75, 3.05) is 92.9 Å². The third-order valence-electron chi connectivity index (χ3n) is 3.47. The predicted molar refractivity (Wildman–Crippen MR) is 107 cm³/mol. The zero-order valence-corrected chi connectivity index (χ0v) is 18.1. The van der Waals surface area contributed by atoms with Gasteiger partial charge in [-0.15, -0.1) is 0 Å². The Morgan fingerprint density at radius 1 is 0.767 bits per heavy atom. The van der Waals surface area contributed by atoms with Crippen molar-refractivity contribution in [2.45, 2.75) is 19.5 Å². The second kappa shape index (κ2) is 22.3. The first kappa shape index (κ1) is 28.6. The number of amides is 2. The summed E-state index contributed by atoms with van der Waals surface area (Å²) < 4.78 is 44.5. The van der Waals surface area contributed by atoms with Gasteiger partial charge in [0, 0.05) is 20.1 Å². The lowest BCUT2D eigenvalue weighted by molar-refractivity contribution is -0.125. The highest BCUT2D eigenvalue weighted by atomic mass is 19.1. The molecule has 0 saturated carbocycles. The summed E-state index contributed by atoms with van der Waals surface area (Å²) >= 11 is 0. The zero-order chi connectivity index (χ0) is 22.3. The molecule has 10 nitrogen and oxygen atoms in total. The Hall–Kier alpha value is -1.37. The highest BCUT2D eigenvalue weighted by Gasteiger charge is 2.07. The lowest BCUT2D eigenvalue weighted by Crippen LogP contribution is -2.32. The van der Waals surface area contributed by atoms with Gasteiger partial charge in [0.15, 0.2) is 0 Å². The van der Waals surface area contributed by atoms with Crippen molar-refractivity contribution in [2.24, 2.45) is 0 Å². The molecule has 0 spiro atoms. The van der Waals surface area contributed by atoms with E-state index in [1.54, 1.807) is 6.92 Å². The molecule has 0 saturated heterocycles. The summed E-state index contributed by atoms with van der Waals surface area (Å²) in [6.07, 6.45) is -0.891. The lowest BCUT2D eigenvalue weighted by Gasteiger charge is -2.10. The first-order chi connectivity index (χ1) is 14.6. The minimum absolute atomic E-state index is 0.0390. The zero-order valence-electron chi connectivity index (χ0n) is 18.1. The van der Waals surface area contributed by atoms with Crippen LogP contribution in [0.4, 0.5) is 4.39 Å². The molecule has 1 unspecified atom stereocenters. The van der Waals surface area contributed by atoms with Gasteiger partial charge in [-0.1, -0.05) is 6.92 Å². The summed E-state index contributed by atoms with van der Waals surface area (Å²) in [4.78, 5) is 22.1. The normalized spacial score (nSPS) is 12.0. The van der Waals surface area contributed by atoms with Crippen LogP contribution < -0.4 is 10.6 Å². The number of methoxy groups -OCH3 is 1. The van der Waals surface area contributed by atoms with Gasteiger partial charge in [0.25, 0.3) is 0 Å². The molecule has 0 radical (unpaired) electrons. The van der Waals surface area contributed by atoms with E-state index in [0.29, 0.717) is 65.8 Å². The maximum absolute atomic E-state index is 13.4. The lowest BCUT2D eigenvalue weighted by atomic mass is 10.4. The molecule has 0 rings (SSSR count). The smallest absolute Gasteiger partial charge is 0.246 e. The molecule has 0 heterocycles. The molecule has 0 aromatic heterocycles. The number of alkyl halides is 1. The third kappa shape index (κ3) is 21.3. The van der Waals surface area contributed by atoms with Gasteiger partial charge in [-0.25, -0.2) is 4.39 Å². The maximum Gasteiger partial charge on any atom is 0.246 e. The van der Waals surface area contributed by atoms with Crippen molar-refractivity contribution < 1.29 is 42.4 Å². The SMILES string of the molecule is CCC(=O)NCC(F)COCCOCCOCCOCCOCCNC(=O)COC. The van der Waals surface area contributed by atoms with Gasteiger partial charge < -0.3 is 39.1 Å². The van der Waals surface area contributed by atoms with Gasteiger partial charge in [0.1, 0.15) is 12.8 Å². The van der Waals surface area contributed by atoms with Crippen molar-refractivity contribution in [3.63, 3.8) is 0 Å². The minimum atomic E-state index is -1.23. The molecule has 0 aromatic rings. The molecule has 0 aliphatic carbocycles. The van der Waals surface area contributed by atoms with Gasteiger partial charge in [-0.05, 0) is 0 Å². The van der Waals surface area contributed by atoms with E-state index < -0.39 is 6.17 Å². The fourth-order valence-electron chi connectivity index (χ4n) is 1.94. The van der Waals surface area contributed by atoms with Crippen molar-refractivity contribution in [3.05, 3.63) is 0 Å². The third-order valence-corrected chi connectivity index (χ3v) is 3.47. The predicted octanol–water partition coefficient (Wildman–Crippen LogP) is -0.304. The standard InChI is InChI=1S/C19H37FN2O8/c1-3-18(23)22-14-17(20)15-30-13-12-29-11-10-28-9-8-27-7-6-26-5-4-21-19(24)16-25-2/h17H,3-16H2,1-2H3,(H,21,24)(H,22,23). The monoisotopic (exact) mass is 440 g/mol. The number of carbonyl (C=O) groups is 2. The number of carbonyl (C=O) groups excluding carboxylic acids is 2. The van der Waals surface area contributed by atoms with Gasteiger partial charge in [-0.3, -0.25) is 9.59 Å². The maximum atomic E-state index is 13.4. The Morgan fingerprint density at radius 3 is 1.77 bits per heavy atom. The van der Waals surface area contributed by atoms with Crippen LogP contribution in [-0.2, 0) is 38.0 Å². The quantitative estimate of drug-likeness (QED) is 0.221. The number of halogens is 1. The molecule has 0 aliphatic rings. The van der Waals surface area contributed by atoms with E-state index in [1.807, 2.05) is 0 Å². The molecule has 0 bridgehead atoms. The summed E-state index contributed by atoms with van der Waals surface area (Å²) in [5, 5.41) is 5.11. The first-order valence-electron chi connectivity index (χ1n) is 10.1. The number of hydrogen-bond donors (Lipinski definition) is 2. The number of hydrogen-bond acceptors (Lipinski definition) is 8. The molecule has 0 fully saturated rings. The van der Waals surface area contributed by atoms with Crippen molar-refractivity contribution in [1.29, 1.82) is 0 Å². The molecule has 30 heavy (non-hydrogen) atoms. The van der Waals surface area contributed by atoms with Crippen LogP contribution in [0.15, 0.2) is 0 Å². The van der Waals surface area contributed by atoms with Crippen LogP contribution in [0.3, 0.4) is 0 Å². The van der Waals surface area contributed by atoms with Gasteiger partial charge in [0.05, 0.1) is 72.6 Å². The topological polar surface area (TPSA) is 114 Å². The van der Waals surface area contributed by atoms with Crippen LogP contribution >= 0.6 is 0 Å². The molecule has 2 N–H and O–H groups in total. The van der Waals surface area contributed by atoms with Crippen LogP contribution in [0, 0.1) is 0 Å². The van der Waals surface area contributed by atoms with Crippen LogP contribution in [-0.4, -0.2) is 111 Å². The summed E-state index contributed by atoms with van der Waals surface area (Å²) in [6.45, 7) is 5.72. The van der Waals surface area contributed by atoms with E-state index in [-0.39, 0.29) is 38.2 Å². The molecule has 11 heteroatoms. The highest BCUT2D eigenvalue weighted by molar-refractivity contribution is 5.77. The number of ether oxygens (including phenoxy) is 6. The first-order valence-corrected chi connectivity index (χ1v) is 10.1. The van der Waals surface area contributed by atoms with Crippen molar-refractivity contribution in [1.82, 2.24) is 10.6 Å². The van der Waals surface area contributed by atoms with E-state index in [9.17, 15) is 14.0 Å². The molecular weight excluding hydrogens is 403 g/mol. The van der Waals surface area contributed by atoms with Gasteiger partial charge >= 0.3 is 0 Å². The molecule has 1 atom stereocenters. The average Bonchev–Trinajstić information content (AvgIpc) is 2.74. The summed E-state index contributed by atoms with van der Waals surface area (Å²) in [7, 11) is 1.46. The fourth-order valence-corrected chi connectivity index (χ4v) is 1.94. The number of rotatable bonds is 22.